The van der Waals surface area contributed by atoms with Gasteiger partial charge in [-0.1, -0.05) is 19.0 Å². The lowest BCUT2D eigenvalue weighted by Gasteiger charge is -2.18. The van der Waals surface area contributed by atoms with Crippen molar-refractivity contribution >= 4 is 5.91 Å². The van der Waals surface area contributed by atoms with E-state index >= 15 is 0 Å². The van der Waals surface area contributed by atoms with E-state index in [9.17, 15) is 4.79 Å². The molecule has 0 spiro atoms. The third kappa shape index (κ3) is 4.01. The largest absolute Gasteiger partial charge is 0.370 e. The lowest BCUT2D eigenvalue weighted by atomic mass is 10.2. The first kappa shape index (κ1) is 15.9. The Morgan fingerprint density at radius 1 is 1.48 bits per heavy atom. The molecule has 1 heterocycles. The van der Waals surface area contributed by atoms with Gasteiger partial charge >= 0.3 is 0 Å². The molecular weight excluding hydrogens is 272 g/mol. The predicted molar refractivity (Wildman–Crippen MR) is 76.1 cm³/mol. The van der Waals surface area contributed by atoms with Crippen molar-refractivity contribution in [2.45, 2.75) is 51.8 Å². The van der Waals surface area contributed by atoms with Crippen LogP contribution < -0.4 is 5.73 Å². The predicted octanol–water partition coefficient (Wildman–Crippen LogP) is 1.25. The zero-order valence-corrected chi connectivity index (χ0v) is 13.1. The van der Waals surface area contributed by atoms with E-state index in [1.54, 1.807) is 7.05 Å². The zero-order chi connectivity index (χ0) is 15.6. The van der Waals surface area contributed by atoms with E-state index in [4.69, 9.17) is 15.0 Å². The summed E-state index contributed by atoms with van der Waals surface area (Å²) >= 11 is 0. The van der Waals surface area contributed by atoms with E-state index < -0.39 is 5.54 Å². The summed E-state index contributed by atoms with van der Waals surface area (Å²) < 4.78 is 10.8. The number of nitrogens with two attached hydrogens (primary N) is 1. The van der Waals surface area contributed by atoms with Gasteiger partial charge in [0.1, 0.15) is 6.10 Å². The molecule has 0 aromatic carbocycles. The number of ether oxygens (including phenoxy) is 1. The summed E-state index contributed by atoms with van der Waals surface area (Å²) in [5.74, 6) is 1.26. The highest BCUT2D eigenvalue weighted by Crippen LogP contribution is 2.34. The van der Waals surface area contributed by atoms with Crippen molar-refractivity contribution in [2.24, 2.45) is 11.7 Å². The number of aromatic nitrogens is 2. The van der Waals surface area contributed by atoms with Crippen LogP contribution in [-0.4, -0.2) is 40.1 Å². The monoisotopic (exact) mass is 296 g/mol. The van der Waals surface area contributed by atoms with Crippen LogP contribution in [0.5, 0.6) is 0 Å². The molecule has 0 radical (unpaired) electrons. The molecule has 1 aliphatic carbocycles. The van der Waals surface area contributed by atoms with Crippen LogP contribution >= 0.6 is 0 Å². The van der Waals surface area contributed by atoms with Gasteiger partial charge in [0.2, 0.25) is 11.8 Å². The lowest BCUT2D eigenvalue weighted by molar-refractivity contribution is -0.133. The molecular formula is C14H24N4O3. The van der Waals surface area contributed by atoms with E-state index in [0.29, 0.717) is 24.2 Å². The van der Waals surface area contributed by atoms with E-state index in [-0.39, 0.29) is 18.6 Å². The van der Waals surface area contributed by atoms with Gasteiger partial charge in [0.25, 0.3) is 0 Å². The fraction of sp³-hybridized carbons (Fsp3) is 0.786. The molecule has 1 amide bonds. The van der Waals surface area contributed by atoms with Crippen LogP contribution in [0.1, 0.15) is 51.4 Å². The molecule has 0 bridgehead atoms. The van der Waals surface area contributed by atoms with E-state index in [1.807, 2.05) is 6.92 Å². The lowest BCUT2D eigenvalue weighted by Crippen LogP contribution is -2.43. The molecule has 0 aliphatic heterocycles. The summed E-state index contributed by atoms with van der Waals surface area (Å²) in [6.45, 7) is 6.94. The average molecular weight is 296 g/mol. The first-order valence-corrected chi connectivity index (χ1v) is 7.30. The first-order valence-electron chi connectivity index (χ1n) is 7.30. The van der Waals surface area contributed by atoms with Crippen molar-refractivity contribution < 1.29 is 14.1 Å². The molecule has 1 aromatic rings. The molecule has 2 rings (SSSR count). The summed E-state index contributed by atoms with van der Waals surface area (Å²) in [6, 6.07) is 0. The van der Waals surface area contributed by atoms with Crippen LogP contribution in [0.4, 0.5) is 0 Å². The van der Waals surface area contributed by atoms with Gasteiger partial charge in [-0.05, 0) is 25.7 Å². The minimum absolute atomic E-state index is 0.0774. The van der Waals surface area contributed by atoms with E-state index in [2.05, 4.69) is 24.0 Å². The second-order valence-corrected chi connectivity index (χ2v) is 6.23. The van der Waals surface area contributed by atoms with Crippen molar-refractivity contribution in [2.75, 3.05) is 13.7 Å². The van der Waals surface area contributed by atoms with Crippen LogP contribution in [0.2, 0.25) is 0 Å². The van der Waals surface area contributed by atoms with Crippen molar-refractivity contribution in [3.05, 3.63) is 11.7 Å². The van der Waals surface area contributed by atoms with E-state index in [0.717, 1.165) is 12.8 Å². The number of likely N-dealkylation sites (N-methyl/N-ethyl adjacent to an activating group) is 1. The Balaban J connectivity index is 1.89. The Morgan fingerprint density at radius 3 is 2.71 bits per heavy atom. The third-order valence-electron chi connectivity index (χ3n) is 3.46. The van der Waals surface area contributed by atoms with E-state index in [1.165, 1.54) is 4.90 Å². The number of hydrogen-bond donors (Lipinski definition) is 1. The molecule has 1 atom stereocenters. The van der Waals surface area contributed by atoms with Gasteiger partial charge in [-0.15, -0.1) is 0 Å². The minimum atomic E-state index is -0.675. The molecule has 0 saturated heterocycles. The quantitative estimate of drug-likeness (QED) is 0.813. The van der Waals surface area contributed by atoms with Gasteiger partial charge in [-0.3, -0.25) is 4.79 Å². The number of rotatable bonds is 7. The Hall–Kier alpha value is -1.47. The van der Waals surface area contributed by atoms with Crippen LogP contribution in [-0.2, 0) is 16.1 Å². The Morgan fingerprint density at radius 2 is 2.14 bits per heavy atom. The Bertz CT molecular complexity index is 496. The van der Waals surface area contributed by atoms with Gasteiger partial charge in [-0.25, -0.2) is 0 Å². The van der Waals surface area contributed by atoms with Gasteiger partial charge in [-0.2, -0.15) is 4.98 Å². The highest BCUT2D eigenvalue weighted by Gasteiger charge is 2.47. The van der Waals surface area contributed by atoms with Crippen molar-refractivity contribution in [3.63, 3.8) is 0 Å². The minimum Gasteiger partial charge on any atom is -0.370 e. The molecule has 7 heteroatoms. The normalized spacial score (nSPS) is 17.8. The standard InChI is InChI=1S/C14H24N4O3/c1-9(2)8-20-10(3)12-16-11(21-17-12)7-18(4)13(19)14(15)5-6-14/h9-10H,5-8,15H2,1-4H3. The van der Waals surface area contributed by atoms with Crippen molar-refractivity contribution in [1.82, 2.24) is 15.0 Å². The number of hydrogen-bond acceptors (Lipinski definition) is 6. The average Bonchev–Trinajstić information content (AvgIpc) is 3.00. The summed E-state index contributed by atoms with van der Waals surface area (Å²) in [6.07, 6.45) is 1.26. The molecule has 1 unspecified atom stereocenters. The number of amides is 1. The molecule has 118 valence electrons. The SMILES string of the molecule is CC(C)COC(C)c1noc(CN(C)C(=O)C2(N)CC2)n1. The number of carbonyl (C=O) groups excluding carboxylic acids is 1. The topological polar surface area (TPSA) is 94.5 Å². The second kappa shape index (κ2) is 6.11. The maximum absolute atomic E-state index is 12.0. The molecule has 1 saturated carbocycles. The number of nitrogens with zero attached hydrogens (tertiary/aromatic N) is 3. The maximum atomic E-state index is 12.0. The Kier molecular flexibility index (Phi) is 4.63. The van der Waals surface area contributed by atoms with Crippen molar-refractivity contribution in [3.8, 4) is 0 Å². The van der Waals surface area contributed by atoms with Gasteiger partial charge in [0.05, 0.1) is 12.1 Å². The fourth-order valence-electron chi connectivity index (χ4n) is 1.91. The summed E-state index contributed by atoms with van der Waals surface area (Å²) in [7, 11) is 1.69. The molecule has 7 nitrogen and oxygen atoms in total. The van der Waals surface area contributed by atoms with Crippen molar-refractivity contribution in [1.29, 1.82) is 0 Å². The Labute approximate surface area is 124 Å². The van der Waals surface area contributed by atoms with Gasteiger partial charge in [0.15, 0.2) is 5.82 Å². The fourth-order valence-corrected chi connectivity index (χ4v) is 1.91. The summed E-state index contributed by atoms with van der Waals surface area (Å²) in [4.78, 5) is 17.8. The molecule has 1 aromatic heterocycles. The molecule has 21 heavy (non-hydrogen) atoms. The zero-order valence-electron chi connectivity index (χ0n) is 13.1. The number of carbonyl (C=O) groups is 1. The van der Waals surface area contributed by atoms with Crippen LogP contribution in [0.3, 0.4) is 0 Å². The van der Waals surface area contributed by atoms with Crippen LogP contribution in [0.25, 0.3) is 0 Å². The van der Waals surface area contributed by atoms with Crippen LogP contribution in [0, 0.1) is 5.92 Å². The molecule has 2 N–H and O–H groups in total. The maximum Gasteiger partial charge on any atom is 0.246 e. The highest BCUT2D eigenvalue weighted by molar-refractivity contribution is 5.88. The summed E-state index contributed by atoms with van der Waals surface area (Å²) in [5, 5.41) is 3.90. The van der Waals surface area contributed by atoms with Crippen LogP contribution in [0.15, 0.2) is 4.52 Å². The second-order valence-electron chi connectivity index (χ2n) is 6.23. The smallest absolute Gasteiger partial charge is 0.246 e. The molecule has 1 aliphatic rings. The van der Waals surface area contributed by atoms with Gasteiger partial charge < -0.3 is 19.9 Å². The summed E-state index contributed by atoms with van der Waals surface area (Å²) in [5.41, 5.74) is 5.21. The third-order valence-corrected chi connectivity index (χ3v) is 3.46. The van der Waals surface area contributed by atoms with Gasteiger partial charge in [0, 0.05) is 13.7 Å². The molecule has 1 fully saturated rings. The first-order chi connectivity index (χ1) is 9.82. The highest BCUT2D eigenvalue weighted by atomic mass is 16.5.